The minimum Gasteiger partial charge on any atom is -0.347 e. The van der Waals surface area contributed by atoms with Crippen molar-refractivity contribution >= 4 is 17.5 Å². The van der Waals surface area contributed by atoms with Gasteiger partial charge in [0, 0.05) is 25.2 Å². The molecular formula is C23H35N3O2. The molecule has 2 aliphatic rings. The maximum atomic E-state index is 12.1. The second-order valence-corrected chi connectivity index (χ2v) is 8.71. The van der Waals surface area contributed by atoms with E-state index in [0.29, 0.717) is 12.3 Å². The number of benzene rings is 1. The molecule has 1 unspecified atom stereocenters. The van der Waals surface area contributed by atoms with Gasteiger partial charge in [0.1, 0.15) is 0 Å². The van der Waals surface area contributed by atoms with Crippen LogP contribution in [0.25, 0.3) is 0 Å². The summed E-state index contributed by atoms with van der Waals surface area (Å²) in [6.45, 7) is 5.66. The molecule has 0 spiro atoms. The minimum atomic E-state index is -0.172. The summed E-state index contributed by atoms with van der Waals surface area (Å²) in [5.41, 5.74) is 2.05. The van der Waals surface area contributed by atoms with Crippen LogP contribution in [0.4, 0.5) is 5.69 Å². The molecule has 28 heavy (non-hydrogen) atoms. The highest BCUT2D eigenvalue weighted by Gasteiger charge is 2.18. The van der Waals surface area contributed by atoms with E-state index in [1.165, 1.54) is 50.8 Å². The molecule has 1 saturated heterocycles. The Balaban J connectivity index is 1.37. The molecule has 5 nitrogen and oxygen atoms in total. The van der Waals surface area contributed by atoms with Crippen molar-refractivity contribution in [2.75, 3.05) is 25.0 Å². The fraction of sp³-hybridized carbons (Fsp3) is 0.652. The molecule has 1 atom stereocenters. The van der Waals surface area contributed by atoms with Gasteiger partial charge in [-0.2, -0.15) is 0 Å². The third kappa shape index (κ3) is 6.93. The first-order valence-corrected chi connectivity index (χ1v) is 11.0. The van der Waals surface area contributed by atoms with E-state index in [-0.39, 0.29) is 18.4 Å². The smallest absolute Gasteiger partial charge is 0.243 e. The van der Waals surface area contributed by atoms with E-state index in [4.69, 9.17) is 0 Å². The number of amides is 2. The van der Waals surface area contributed by atoms with Crippen molar-refractivity contribution in [3.8, 4) is 0 Å². The number of likely N-dealkylation sites (tertiary alicyclic amines) is 1. The van der Waals surface area contributed by atoms with Crippen molar-refractivity contribution in [1.82, 2.24) is 10.2 Å². The maximum absolute atomic E-state index is 12.1. The molecule has 2 fully saturated rings. The van der Waals surface area contributed by atoms with Gasteiger partial charge in [0.25, 0.3) is 0 Å². The molecule has 0 bridgehead atoms. The van der Waals surface area contributed by atoms with E-state index in [9.17, 15) is 9.59 Å². The van der Waals surface area contributed by atoms with Crippen LogP contribution in [0.5, 0.6) is 0 Å². The van der Waals surface area contributed by atoms with Crippen LogP contribution in [-0.2, 0) is 16.1 Å². The number of rotatable bonds is 7. The third-order valence-electron chi connectivity index (χ3n) is 6.03. The molecular weight excluding hydrogens is 350 g/mol. The molecule has 1 aromatic rings. The van der Waals surface area contributed by atoms with Gasteiger partial charge in [-0.3, -0.25) is 14.5 Å². The molecule has 5 heteroatoms. The predicted octanol–water partition coefficient (Wildman–Crippen LogP) is 3.94. The van der Waals surface area contributed by atoms with Gasteiger partial charge in [-0.15, -0.1) is 0 Å². The topological polar surface area (TPSA) is 61.4 Å². The second-order valence-electron chi connectivity index (χ2n) is 8.71. The van der Waals surface area contributed by atoms with Gasteiger partial charge in [-0.05, 0) is 61.8 Å². The summed E-state index contributed by atoms with van der Waals surface area (Å²) in [6.07, 6.45) is 9.19. The zero-order chi connectivity index (χ0) is 19.8. The number of nitrogens with one attached hydrogen (secondary N) is 2. The highest BCUT2D eigenvalue weighted by atomic mass is 16.2. The number of hydrogen-bond donors (Lipinski definition) is 2. The highest BCUT2D eigenvalue weighted by molar-refractivity contribution is 5.94. The summed E-state index contributed by atoms with van der Waals surface area (Å²) in [5.74, 6) is 1.09. The number of carbonyl (C=O) groups excluding carboxylic acids is 2. The fourth-order valence-corrected chi connectivity index (χ4v) is 4.49. The molecule has 1 aromatic carbocycles. The first kappa shape index (κ1) is 20.8. The third-order valence-corrected chi connectivity index (χ3v) is 6.03. The number of piperidine rings is 1. The van der Waals surface area contributed by atoms with Gasteiger partial charge in [0.05, 0.1) is 6.54 Å². The van der Waals surface area contributed by atoms with Gasteiger partial charge in [0.2, 0.25) is 11.8 Å². The Morgan fingerprint density at radius 2 is 1.75 bits per heavy atom. The van der Waals surface area contributed by atoms with E-state index < -0.39 is 0 Å². The van der Waals surface area contributed by atoms with Crippen molar-refractivity contribution in [3.63, 3.8) is 0 Å². The molecule has 2 amide bonds. The SMILES string of the molecule is CC1CCCN(Cc2ccc(NC(=O)CNC(=O)CC3CCCCC3)cc2)C1. The summed E-state index contributed by atoms with van der Waals surface area (Å²) in [5, 5.41) is 5.63. The Morgan fingerprint density at radius 1 is 1.00 bits per heavy atom. The standard InChI is InChI=1S/C23H35N3O2/c1-18-6-5-13-26(16-18)17-20-9-11-21(12-10-20)25-23(28)15-24-22(27)14-19-7-3-2-4-8-19/h9-12,18-19H,2-8,13-17H2,1H3,(H,24,27)(H,25,28). The Hall–Kier alpha value is -1.88. The normalized spacial score (nSPS) is 21.2. The first-order chi connectivity index (χ1) is 13.6. The fourth-order valence-electron chi connectivity index (χ4n) is 4.49. The summed E-state index contributed by atoms with van der Waals surface area (Å²) in [6, 6.07) is 8.06. The van der Waals surface area contributed by atoms with E-state index in [1.807, 2.05) is 12.1 Å². The van der Waals surface area contributed by atoms with Crippen LogP contribution in [0.2, 0.25) is 0 Å². The molecule has 0 radical (unpaired) electrons. The summed E-state index contributed by atoms with van der Waals surface area (Å²) in [7, 11) is 0. The highest BCUT2D eigenvalue weighted by Crippen LogP contribution is 2.26. The van der Waals surface area contributed by atoms with Crippen LogP contribution in [0.1, 0.15) is 63.9 Å². The van der Waals surface area contributed by atoms with Crippen LogP contribution in [0.3, 0.4) is 0 Å². The molecule has 154 valence electrons. The Kier molecular flexibility index (Phi) is 7.90. The van der Waals surface area contributed by atoms with Gasteiger partial charge in [-0.25, -0.2) is 0 Å². The second kappa shape index (κ2) is 10.6. The summed E-state index contributed by atoms with van der Waals surface area (Å²) < 4.78 is 0. The molecule has 3 rings (SSSR count). The van der Waals surface area contributed by atoms with E-state index in [0.717, 1.165) is 31.0 Å². The van der Waals surface area contributed by atoms with Crippen LogP contribution >= 0.6 is 0 Å². The lowest BCUT2D eigenvalue weighted by Gasteiger charge is -2.30. The number of carbonyl (C=O) groups is 2. The Bertz CT molecular complexity index is 638. The zero-order valence-electron chi connectivity index (χ0n) is 17.2. The number of nitrogens with zero attached hydrogens (tertiary/aromatic N) is 1. The number of hydrogen-bond acceptors (Lipinski definition) is 3. The van der Waals surface area contributed by atoms with Crippen molar-refractivity contribution in [2.24, 2.45) is 11.8 Å². The van der Waals surface area contributed by atoms with E-state index in [1.54, 1.807) is 0 Å². The van der Waals surface area contributed by atoms with Crippen LogP contribution in [0.15, 0.2) is 24.3 Å². The molecule has 0 aromatic heterocycles. The average molecular weight is 386 g/mol. The van der Waals surface area contributed by atoms with Crippen molar-refractivity contribution < 1.29 is 9.59 Å². The van der Waals surface area contributed by atoms with Gasteiger partial charge in [0.15, 0.2) is 0 Å². The van der Waals surface area contributed by atoms with E-state index in [2.05, 4.69) is 34.6 Å². The van der Waals surface area contributed by atoms with Gasteiger partial charge in [-0.1, -0.05) is 38.3 Å². The predicted molar refractivity (Wildman–Crippen MR) is 113 cm³/mol. The maximum Gasteiger partial charge on any atom is 0.243 e. The summed E-state index contributed by atoms with van der Waals surface area (Å²) in [4.78, 5) is 26.6. The molecule has 1 saturated carbocycles. The largest absolute Gasteiger partial charge is 0.347 e. The van der Waals surface area contributed by atoms with Crippen LogP contribution in [-0.4, -0.2) is 36.3 Å². The van der Waals surface area contributed by atoms with Crippen molar-refractivity contribution in [2.45, 2.75) is 64.8 Å². The molecule has 2 N–H and O–H groups in total. The van der Waals surface area contributed by atoms with Crippen LogP contribution in [0, 0.1) is 11.8 Å². The van der Waals surface area contributed by atoms with Crippen molar-refractivity contribution in [1.29, 1.82) is 0 Å². The van der Waals surface area contributed by atoms with Crippen LogP contribution < -0.4 is 10.6 Å². The average Bonchev–Trinajstić information content (AvgIpc) is 2.69. The number of anilines is 1. The molecule has 1 aliphatic heterocycles. The minimum absolute atomic E-state index is 0.00634. The lowest BCUT2D eigenvalue weighted by Crippen LogP contribution is -2.34. The summed E-state index contributed by atoms with van der Waals surface area (Å²) >= 11 is 0. The lowest BCUT2D eigenvalue weighted by molar-refractivity contribution is -0.125. The monoisotopic (exact) mass is 385 g/mol. The lowest BCUT2D eigenvalue weighted by atomic mass is 9.87. The zero-order valence-corrected chi connectivity index (χ0v) is 17.2. The quantitative estimate of drug-likeness (QED) is 0.747. The van der Waals surface area contributed by atoms with Crippen molar-refractivity contribution in [3.05, 3.63) is 29.8 Å². The van der Waals surface area contributed by atoms with E-state index >= 15 is 0 Å². The Morgan fingerprint density at radius 3 is 2.46 bits per heavy atom. The molecule has 1 heterocycles. The first-order valence-electron chi connectivity index (χ1n) is 11.0. The van der Waals surface area contributed by atoms with Gasteiger partial charge < -0.3 is 10.6 Å². The Labute approximate surface area is 169 Å². The molecule has 1 aliphatic carbocycles. The van der Waals surface area contributed by atoms with Gasteiger partial charge >= 0.3 is 0 Å².